The van der Waals surface area contributed by atoms with Gasteiger partial charge in [-0.2, -0.15) is 0 Å². The van der Waals surface area contributed by atoms with Crippen LogP contribution in [0.3, 0.4) is 0 Å². The first kappa shape index (κ1) is 22.6. The van der Waals surface area contributed by atoms with Crippen LogP contribution in [0.15, 0.2) is 13.2 Å². The molecule has 0 saturated heterocycles. The van der Waals surface area contributed by atoms with Crippen LogP contribution in [0.5, 0.6) is 0 Å². The molecule has 0 heterocycles. The Labute approximate surface area is 81.1 Å². The van der Waals surface area contributed by atoms with Crippen LogP contribution in [0, 0.1) is 5.41 Å². The summed E-state index contributed by atoms with van der Waals surface area (Å²) in [5.74, 6) is 0. The molecule has 0 atom stereocenters. The van der Waals surface area contributed by atoms with Gasteiger partial charge in [-0.15, -0.1) is 13.2 Å². The highest BCUT2D eigenvalue weighted by molar-refractivity contribution is 4.47. The quantitative estimate of drug-likeness (QED) is 0.437. The molecule has 0 heteroatoms. The molecule has 0 bridgehead atoms. The van der Waals surface area contributed by atoms with E-state index in [1.54, 1.807) is 0 Å². The van der Waals surface area contributed by atoms with Crippen molar-refractivity contribution in [3.63, 3.8) is 0 Å². The van der Waals surface area contributed by atoms with Crippen molar-refractivity contribution in [3.05, 3.63) is 13.2 Å². The molecule has 12 heavy (non-hydrogen) atoms. The van der Waals surface area contributed by atoms with E-state index in [2.05, 4.69) is 54.7 Å². The average Bonchev–Trinajstić information content (AvgIpc) is 1.93. The Morgan fingerprint density at radius 3 is 0.833 bits per heavy atom. The summed E-state index contributed by atoms with van der Waals surface area (Å²) < 4.78 is 0. The van der Waals surface area contributed by atoms with Gasteiger partial charge < -0.3 is 0 Å². The van der Waals surface area contributed by atoms with Crippen LogP contribution < -0.4 is 0 Å². The molecule has 0 aromatic heterocycles. The lowest BCUT2D eigenvalue weighted by Gasteiger charge is -2.05. The Bertz CT molecular complexity index is 32.5. The molecule has 0 unspecified atom stereocenters. The highest BCUT2D eigenvalue weighted by Gasteiger charge is 1.95. The summed E-state index contributed by atoms with van der Waals surface area (Å²) in [7, 11) is 0. The summed E-state index contributed by atoms with van der Waals surface area (Å²) >= 11 is 0. The van der Waals surface area contributed by atoms with Crippen molar-refractivity contribution in [1.29, 1.82) is 0 Å². The molecular weight excluding hydrogens is 144 g/mol. The van der Waals surface area contributed by atoms with Gasteiger partial charge in [-0.25, -0.2) is 0 Å². The summed E-state index contributed by atoms with van der Waals surface area (Å²) in [4.78, 5) is 0. The summed E-state index contributed by atoms with van der Waals surface area (Å²) in [6.45, 7) is 23.0. The first-order valence-corrected chi connectivity index (χ1v) is 4.91. The third kappa shape index (κ3) is 11000. The maximum Gasteiger partial charge on any atom is -0.0411 e. The molecule has 0 saturated carbocycles. The van der Waals surface area contributed by atoms with E-state index in [0.717, 1.165) is 0 Å². The van der Waals surface area contributed by atoms with Crippen LogP contribution in [0.1, 0.15) is 61.8 Å². The SMILES string of the molecule is C=C.CC.CC(C)(C)C.CCC. The van der Waals surface area contributed by atoms with Gasteiger partial charge in [-0.1, -0.05) is 61.8 Å². The fourth-order valence-corrected chi connectivity index (χ4v) is 0. The molecule has 0 aliphatic heterocycles. The summed E-state index contributed by atoms with van der Waals surface area (Å²) in [6.07, 6.45) is 1.25. The lowest BCUT2D eigenvalue weighted by molar-refractivity contribution is 0.469. The summed E-state index contributed by atoms with van der Waals surface area (Å²) in [5.41, 5.74) is 0.500. The lowest BCUT2D eigenvalue weighted by Crippen LogP contribution is -1.93. The maximum absolute atomic E-state index is 3.00. The summed E-state index contributed by atoms with van der Waals surface area (Å²) in [5, 5.41) is 0. The van der Waals surface area contributed by atoms with Crippen molar-refractivity contribution in [2.75, 3.05) is 0 Å². The van der Waals surface area contributed by atoms with E-state index in [4.69, 9.17) is 0 Å². The smallest absolute Gasteiger partial charge is 0.0411 e. The van der Waals surface area contributed by atoms with Crippen molar-refractivity contribution < 1.29 is 0 Å². The van der Waals surface area contributed by atoms with E-state index in [9.17, 15) is 0 Å². The molecule has 0 aromatic carbocycles. The zero-order valence-electron chi connectivity index (χ0n) is 10.6. The van der Waals surface area contributed by atoms with E-state index >= 15 is 0 Å². The molecule has 0 aromatic rings. The van der Waals surface area contributed by atoms with Crippen LogP contribution in [0.4, 0.5) is 0 Å². The Hall–Kier alpha value is -0.260. The Balaban J connectivity index is -0.0000000397. The molecule has 0 radical (unpaired) electrons. The third-order valence-electron chi connectivity index (χ3n) is 0. The predicted molar refractivity (Wildman–Crippen MR) is 63.7 cm³/mol. The van der Waals surface area contributed by atoms with Crippen molar-refractivity contribution in [3.8, 4) is 0 Å². The minimum atomic E-state index is 0.500. The van der Waals surface area contributed by atoms with Gasteiger partial charge in [0.25, 0.3) is 0 Å². The van der Waals surface area contributed by atoms with Crippen LogP contribution in [0.25, 0.3) is 0 Å². The minimum absolute atomic E-state index is 0.500. The van der Waals surface area contributed by atoms with Gasteiger partial charge in [0.05, 0.1) is 0 Å². The fourth-order valence-electron chi connectivity index (χ4n) is 0. The second-order valence-electron chi connectivity index (χ2n) is 3.71. The van der Waals surface area contributed by atoms with Crippen molar-refractivity contribution in [2.24, 2.45) is 5.41 Å². The molecule has 0 aliphatic carbocycles. The van der Waals surface area contributed by atoms with Crippen LogP contribution in [-0.4, -0.2) is 0 Å². The van der Waals surface area contributed by atoms with Crippen molar-refractivity contribution in [1.82, 2.24) is 0 Å². The molecule has 0 rings (SSSR count). The van der Waals surface area contributed by atoms with Crippen LogP contribution in [-0.2, 0) is 0 Å². The van der Waals surface area contributed by atoms with E-state index in [1.165, 1.54) is 6.42 Å². The van der Waals surface area contributed by atoms with E-state index < -0.39 is 0 Å². The molecule has 0 spiro atoms. The van der Waals surface area contributed by atoms with Gasteiger partial charge in [0.1, 0.15) is 0 Å². The number of rotatable bonds is 0. The number of hydrogen-bond donors (Lipinski definition) is 0. The standard InChI is InChI=1S/C5H12.C3H8.C2H6.C2H4/c1-5(2,3)4;1-3-2;2*1-2/h1-4H3;3H2,1-2H3;1-2H3;1-2H2. The summed E-state index contributed by atoms with van der Waals surface area (Å²) in [6, 6.07) is 0. The zero-order valence-corrected chi connectivity index (χ0v) is 10.6. The Morgan fingerprint density at radius 1 is 0.833 bits per heavy atom. The van der Waals surface area contributed by atoms with Gasteiger partial charge in [-0.05, 0) is 5.41 Å². The fraction of sp³-hybridized carbons (Fsp3) is 0.833. The first-order valence-electron chi connectivity index (χ1n) is 4.91. The van der Waals surface area contributed by atoms with Crippen molar-refractivity contribution in [2.45, 2.75) is 61.8 Å². The molecule has 0 nitrogen and oxygen atoms in total. The molecule has 0 amide bonds. The second-order valence-corrected chi connectivity index (χ2v) is 3.71. The lowest BCUT2D eigenvalue weighted by atomic mass is 10.0. The topological polar surface area (TPSA) is 0 Å². The van der Waals surface area contributed by atoms with Crippen LogP contribution >= 0.6 is 0 Å². The maximum atomic E-state index is 3.00. The zero-order chi connectivity index (χ0) is 11.2. The van der Waals surface area contributed by atoms with Crippen molar-refractivity contribution >= 4 is 0 Å². The molecule has 78 valence electrons. The van der Waals surface area contributed by atoms with E-state index in [-0.39, 0.29) is 0 Å². The van der Waals surface area contributed by atoms with Gasteiger partial charge in [0.15, 0.2) is 0 Å². The Morgan fingerprint density at radius 2 is 0.833 bits per heavy atom. The third-order valence-corrected chi connectivity index (χ3v) is 0. The van der Waals surface area contributed by atoms with Gasteiger partial charge in [0.2, 0.25) is 0 Å². The van der Waals surface area contributed by atoms with Gasteiger partial charge in [0, 0.05) is 0 Å². The molecule has 0 fully saturated rings. The Kier molecular flexibility index (Phi) is 42.2. The van der Waals surface area contributed by atoms with Gasteiger partial charge >= 0.3 is 0 Å². The van der Waals surface area contributed by atoms with E-state index in [0.29, 0.717) is 5.41 Å². The predicted octanol–water partition coefficient (Wildman–Crippen LogP) is 5.30. The largest absolute Gasteiger partial charge is 0.106 e. The van der Waals surface area contributed by atoms with E-state index in [1.807, 2.05) is 13.8 Å². The monoisotopic (exact) mass is 174 g/mol. The average molecular weight is 174 g/mol. The molecule has 0 aliphatic rings. The normalized spacial score (nSPS) is 7.33. The van der Waals surface area contributed by atoms with Crippen LogP contribution in [0.2, 0.25) is 0 Å². The number of hydrogen-bond acceptors (Lipinski definition) is 0. The molecular formula is C12H30. The second kappa shape index (κ2) is 22.4. The highest BCUT2D eigenvalue weighted by atomic mass is 14.0. The highest BCUT2D eigenvalue weighted by Crippen LogP contribution is 2.07. The first-order chi connectivity index (χ1) is 5.41. The van der Waals surface area contributed by atoms with Gasteiger partial charge in [-0.3, -0.25) is 0 Å². The minimum Gasteiger partial charge on any atom is -0.106 e. The molecule has 0 N–H and O–H groups in total.